The van der Waals surface area contributed by atoms with E-state index in [2.05, 4.69) is 39.2 Å². The SMILES string of the molecule is CO[C@@]1(CO[Si](C)(C)C(C)(C)C)C(=O)N[C@@H]1SC(=O)COc1ccccc1. The van der Waals surface area contributed by atoms with Crippen LogP contribution in [0.5, 0.6) is 5.75 Å². The van der Waals surface area contributed by atoms with Gasteiger partial charge in [-0.2, -0.15) is 0 Å². The molecule has 1 heterocycles. The smallest absolute Gasteiger partial charge is 0.258 e. The maximum Gasteiger partial charge on any atom is 0.258 e. The maximum atomic E-state index is 12.3. The molecule has 1 aliphatic heterocycles. The van der Waals surface area contributed by atoms with Gasteiger partial charge in [-0.15, -0.1) is 0 Å². The van der Waals surface area contributed by atoms with Gasteiger partial charge in [0.1, 0.15) is 11.1 Å². The van der Waals surface area contributed by atoms with E-state index < -0.39 is 19.3 Å². The topological polar surface area (TPSA) is 73.9 Å². The zero-order valence-corrected chi connectivity index (χ0v) is 18.6. The predicted molar refractivity (Wildman–Crippen MR) is 109 cm³/mol. The Labute approximate surface area is 166 Å². The number of para-hydroxylation sites is 1. The van der Waals surface area contributed by atoms with Crippen LogP contribution in [-0.4, -0.2) is 50.6 Å². The van der Waals surface area contributed by atoms with Crippen molar-refractivity contribution in [1.82, 2.24) is 5.32 Å². The Morgan fingerprint density at radius 3 is 2.41 bits per heavy atom. The molecule has 6 nitrogen and oxygen atoms in total. The summed E-state index contributed by atoms with van der Waals surface area (Å²) >= 11 is 1.01. The first kappa shape index (κ1) is 21.9. The number of hydrogen-bond acceptors (Lipinski definition) is 6. The molecule has 1 amide bonds. The minimum absolute atomic E-state index is 0.0180. The Bertz CT molecular complexity index is 676. The van der Waals surface area contributed by atoms with E-state index in [1.165, 1.54) is 7.11 Å². The van der Waals surface area contributed by atoms with Crippen molar-refractivity contribution < 1.29 is 23.5 Å². The molecule has 2 rings (SSSR count). The number of carbonyl (C=O) groups excluding carboxylic acids is 2. The number of ether oxygens (including phenoxy) is 2. The van der Waals surface area contributed by atoms with Gasteiger partial charge in [-0.3, -0.25) is 9.59 Å². The zero-order chi connectivity index (χ0) is 20.3. The van der Waals surface area contributed by atoms with Crippen LogP contribution in [0.4, 0.5) is 0 Å². The molecule has 1 aliphatic rings. The Hall–Kier alpha value is -1.35. The highest BCUT2D eigenvalue weighted by Crippen LogP contribution is 2.40. The molecule has 0 radical (unpaired) electrons. The summed E-state index contributed by atoms with van der Waals surface area (Å²) in [6, 6.07) is 9.13. The van der Waals surface area contributed by atoms with E-state index in [9.17, 15) is 9.59 Å². The number of nitrogens with one attached hydrogen (secondary N) is 1. The van der Waals surface area contributed by atoms with Crippen LogP contribution in [0, 0.1) is 0 Å². The Morgan fingerprint density at radius 1 is 1.26 bits per heavy atom. The van der Waals surface area contributed by atoms with Crippen LogP contribution in [0.1, 0.15) is 20.8 Å². The molecule has 1 N–H and O–H groups in total. The molecule has 0 spiro atoms. The summed E-state index contributed by atoms with van der Waals surface area (Å²) in [7, 11) is -0.572. The van der Waals surface area contributed by atoms with Gasteiger partial charge in [-0.05, 0) is 30.3 Å². The molecule has 1 saturated heterocycles. The van der Waals surface area contributed by atoms with Gasteiger partial charge in [0.05, 0.1) is 6.61 Å². The van der Waals surface area contributed by atoms with Crippen LogP contribution in [0.2, 0.25) is 18.1 Å². The number of carbonyl (C=O) groups is 2. The van der Waals surface area contributed by atoms with Gasteiger partial charge in [-0.25, -0.2) is 0 Å². The first-order chi connectivity index (χ1) is 12.5. The van der Waals surface area contributed by atoms with Gasteiger partial charge in [0.2, 0.25) is 5.12 Å². The Balaban J connectivity index is 1.95. The molecular weight excluding hydrogens is 382 g/mol. The first-order valence-corrected chi connectivity index (χ1v) is 12.7. The maximum absolute atomic E-state index is 12.3. The fraction of sp³-hybridized carbons (Fsp3) is 0.579. The van der Waals surface area contributed by atoms with Crippen molar-refractivity contribution in [1.29, 1.82) is 0 Å². The lowest BCUT2D eigenvalue weighted by Crippen LogP contribution is -2.74. The van der Waals surface area contributed by atoms with Gasteiger partial charge < -0.3 is 19.2 Å². The van der Waals surface area contributed by atoms with Crippen LogP contribution in [0.15, 0.2) is 30.3 Å². The van der Waals surface area contributed by atoms with E-state index >= 15 is 0 Å². The number of benzene rings is 1. The lowest BCUT2D eigenvalue weighted by molar-refractivity contribution is -0.165. The van der Waals surface area contributed by atoms with Gasteiger partial charge in [-0.1, -0.05) is 50.7 Å². The summed E-state index contributed by atoms with van der Waals surface area (Å²) in [4.78, 5) is 24.6. The van der Waals surface area contributed by atoms with E-state index in [-0.39, 0.29) is 29.3 Å². The average Bonchev–Trinajstić information content (AvgIpc) is 2.60. The molecule has 0 aliphatic carbocycles. The van der Waals surface area contributed by atoms with Crippen molar-refractivity contribution in [2.45, 2.75) is 49.9 Å². The van der Waals surface area contributed by atoms with Gasteiger partial charge in [0, 0.05) is 7.11 Å². The van der Waals surface area contributed by atoms with Crippen LogP contribution in [0.3, 0.4) is 0 Å². The highest BCUT2D eigenvalue weighted by atomic mass is 32.2. The molecule has 150 valence electrons. The van der Waals surface area contributed by atoms with E-state index in [0.29, 0.717) is 5.75 Å². The second kappa shape index (κ2) is 8.34. The minimum atomic E-state index is -2.05. The molecule has 8 heteroatoms. The molecule has 1 fully saturated rings. The lowest BCUT2D eigenvalue weighted by Gasteiger charge is -2.48. The standard InChI is InChI=1S/C19H29NO5SSi/c1-18(2,3)27(5,6)25-13-19(23-4)16(22)20-17(19)26-15(21)12-24-14-10-8-7-9-11-14/h7-11,17H,12-13H2,1-6H3,(H,20,22)/t17-,19+/m1/s1. The van der Waals surface area contributed by atoms with E-state index in [4.69, 9.17) is 13.9 Å². The number of rotatable bonds is 8. The zero-order valence-electron chi connectivity index (χ0n) is 16.8. The van der Waals surface area contributed by atoms with Crippen LogP contribution < -0.4 is 10.1 Å². The highest BCUT2D eigenvalue weighted by molar-refractivity contribution is 8.14. The van der Waals surface area contributed by atoms with E-state index in [1.807, 2.05) is 18.2 Å². The third-order valence-electron chi connectivity index (χ3n) is 5.24. The fourth-order valence-electron chi connectivity index (χ4n) is 2.25. The van der Waals surface area contributed by atoms with Gasteiger partial charge in [0.15, 0.2) is 20.5 Å². The number of thioether (sulfide) groups is 1. The summed E-state index contributed by atoms with van der Waals surface area (Å²) in [5.74, 6) is 0.376. The average molecular weight is 412 g/mol. The third-order valence-corrected chi connectivity index (χ3v) is 10.8. The molecular formula is C19H29NO5SSi. The number of amides is 1. The van der Waals surface area contributed by atoms with Crippen LogP contribution in [0.25, 0.3) is 0 Å². The monoisotopic (exact) mass is 411 g/mol. The Morgan fingerprint density at radius 2 is 1.89 bits per heavy atom. The van der Waals surface area contributed by atoms with E-state index in [1.54, 1.807) is 12.1 Å². The van der Waals surface area contributed by atoms with Gasteiger partial charge in [0.25, 0.3) is 5.91 Å². The number of methoxy groups -OCH3 is 1. The van der Waals surface area contributed by atoms with Crippen molar-refractivity contribution in [2.75, 3.05) is 20.3 Å². The summed E-state index contributed by atoms with van der Waals surface area (Å²) in [5.41, 5.74) is -1.15. The van der Waals surface area contributed by atoms with E-state index in [0.717, 1.165) is 11.8 Å². The molecule has 1 aromatic carbocycles. The van der Waals surface area contributed by atoms with Gasteiger partial charge >= 0.3 is 0 Å². The summed E-state index contributed by atoms with van der Waals surface area (Å²) in [6.45, 7) is 10.7. The minimum Gasteiger partial charge on any atom is -0.485 e. The second-order valence-electron chi connectivity index (χ2n) is 8.09. The third kappa shape index (κ3) is 4.93. The molecule has 0 bridgehead atoms. The molecule has 0 unspecified atom stereocenters. The number of hydrogen-bond donors (Lipinski definition) is 1. The fourth-order valence-corrected chi connectivity index (χ4v) is 4.28. The summed E-state index contributed by atoms with van der Waals surface area (Å²) in [5, 5.41) is 2.09. The molecule has 0 aromatic heterocycles. The summed E-state index contributed by atoms with van der Waals surface area (Å²) in [6.07, 6.45) is 0. The highest BCUT2D eigenvalue weighted by Gasteiger charge is 2.58. The Kier molecular flexibility index (Phi) is 6.78. The normalized spacial score (nSPS) is 22.7. The van der Waals surface area contributed by atoms with Crippen LogP contribution in [-0.2, 0) is 18.8 Å². The summed E-state index contributed by atoms with van der Waals surface area (Å²) < 4.78 is 17.2. The quantitative estimate of drug-likeness (QED) is 0.523. The van der Waals surface area contributed by atoms with Crippen molar-refractivity contribution in [3.8, 4) is 5.75 Å². The van der Waals surface area contributed by atoms with Crippen molar-refractivity contribution in [3.05, 3.63) is 30.3 Å². The molecule has 27 heavy (non-hydrogen) atoms. The van der Waals surface area contributed by atoms with Crippen molar-refractivity contribution in [3.63, 3.8) is 0 Å². The largest absolute Gasteiger partial charge is 0.485 e. The number of β-lactam (4-membered cyclic amide) rings is 1. The van der Waals surface area contributed by atoms with Crippen molar-refractivity contribution >= 4 is 31.1 Å². The predicted octanol–water partition coefficient (Wildman–Crippen LogP) is 3.19. The molecule has 2 atom stereocenters. The molecule has 1 aromatic rings. The second-order valence-corrected chi connectivity index (χ2v) is 14.1. The lowest BCUT2D eigenvalue weighted by atomic mass is 9.96. The molecule has 0 saturated carbocycles. The van der Waals surface area contributed by atoms with Crippen LogP contribution >= 0.6 is 11.8 Å². The van der Waals surface area contributed by atoms with Crippen molar-refractivity contribution in [2.24, 2.45) is 0 Å². The first-order valence-electron chi connectivity index (χ1n) is 8.89.